The number of carbonyl (C=O) groups excluding carboxylic acids is 2. The van der Waals surface area contributed by atoms with Gasteiger partial charge in [0.05, 0.1) is 17.5 Å². The molecule has 1 aliphatic carbocycles. The van der Waals surface area contributed by atoms with E-state index < -0.39 is 0 Å². The summed E-state index contributed by atoms with van der Waals surface area (Å²) in [5.74, 6) is -0.255. The van der Waals surface area contributed by atoms with E-state index in [1.807, 2.05) is 6.92 Å². The van der Waals surface area contributed by atoms with Crippen LogP contribution in [-0.2, 0) is 9.59 Å². The number of nitrogen functional groups attached to an aromatic ring is 1. The summed E-state index contributed by atoms with van der Waals surface area (Å²) in [4.78, 5) is 25.1. The van der Waals surface area contributed by atoms with Crippen LogP contribution in [0.25, 0.3) is 0 Å². The number of anilines is 2. The molecule has 1 aromatic rings. The molecule has 16 heavy (non-hydrogen) atoms. The van der Waals surface area contributed by atoms with Gasteiger partial charge in [-0.05, 0) is 31.0 Å². The number of hydrogen-bond acceptors (Lipinski definition) is 3. The summed E-state index contributed by atoms with van der Waals surface area (Å²) >= 11 is 0. The van der Waals surface area contributed by atoms with E-state index in [9.17, 15) is 9.59 Å². The Hall–Kier alpha value is -1.84. The smallest absolute Gasteiger partial charge is 0.237 e. The lowest BCUT2D eigenvalue weighted by atomic mass is 10.1. The van der Waals surface area contributed by atoms with Gasteiger partial charge in [0.2, 0.25) is 11.8 Å². The number of amides is 2. The molecule has 0 radical (unpaired) electrons. The molecule has 1 heterocycles. The number of fused-ring (bicyclic) bond motifs is 1. The minimum absolute atomic E-state index is 0.0617. The van der Waals surface area contributed by atoms with Crippen LogP contribution in [0.1, 0.15) is 12.0 Å². The second kappa shape index (κ2) is 2.84. The first-order chi connectivity index (χ1) is 7.61. The average molecular weight is 216 g/mol. The molecule has 4 heteroatoms. The Balaban J connectivity index is 2.08. The van der Waals surface area contributed by atoms with Gasteiger partial charge in [-0.15, -0.1) is 0 Å². The van der Waals surface area contributed by atoms with Gasteiger partial charge < -0.3 is 5.73 Å². The van der Waals surface area contributed by atoms with Gasteiger partial charge >= 0.3 is 0 Å². The van der Waals surface area contributed by atoms with Crippen LogP contribution >= 0.6 is 0 Å². The van der Waals surface area contributed by atoms with Gasteiger partial charge in [0, 0.05) is 5.69 Å². The fraction of sp³-hybridized carbons (Fsp3) is 0.333. The molecule has 3 rings (SSSR count). The SMILES string of the molecule is Cc1c(N)cccc1N1C(=O)C2CC2C1=O. The number of piperidine rings is 1. The van der Waals surface area contributed by atoms with Crippen LogP contribution < -0.4 is 10.6 Å². The zero-order chi connectivity index (χ0) is 11.4. The van der Waals surface area contributed by atoms with Gasteiger partial charge in [-0.25, -0.2) is 4.90 Å². The fourth-order valence-electron chi connectivity index (χ4n) is 2.30. The van der Waals surface area contributed by atoms with Crippen molar-refractivity contribution in [2.75, 3.05) is 10.6 Å². The molecule has 4 nitrogen and oxygen atoms in total. The quantitative estimate of drug-likeness (QED) is 0.564. The lowest BCUT2D eigenvalue weighted by Gasteiger charge is -2.19. The average Bonchev–Trinajstić information content (AvgIpc) is 2.99. The predicted octanol–water partition coefficient (Wildman–Crippen LogP) is 1.09. The molecule has 1 saturated heterocycles. The van der Waals surface area contributed by atoms with E-state index in [1.54, 1.807) is 18.2 Å². The van der Waals surface area contributed by atoms with Crippen molar-refractivity contribution in [1.29, 1.82) is 0 Å². The maximum atomic E-state index is 11.9. The van der Waals surface area contributed by atoms with E-state index in [2.05, 4.69) is 0 Å². The van der Waals surface area contributed by atoms with Gasteiger partial charge in [-0.2, -0.15) is 0 Å². The molecule has 2 aliphatic rings. The van der Waals surface area contributed by atoms with Gasteiger partial charge in [-0.1, -0.05) is 6.07 Å². The normalized spacial score (nSPS) is 27.2. The first kappa shape index (κ1) is 9.39. The van der Waals surface area contributed by atoms with Gasteiger partial charge in [0.1, 0.15) is 0 Å². The van der Waals surface area contributed by atoms with Crippen molar-refractivity contribution in [3.8, 4) is 0 Å². The molecule has 2 unspecified atom stereocenters. The van der Waals surface area contributed by atoms with E-state index >= 15 is 0 Å². The van der Waals surface area contributed by atoms with E-state index in [-0.39, 0.29) is 23.7 Å². The van der Waals surface area contributed by atoms with Gasteiger partial charge in [0.25, 0.3) is 0 Å². The highest BCUT2D eigenvalue weighted by molar-refractivity contribution is 6.25. The maximum absolute atomic E-state index is 11.9. The predicted molar refractivity (Wildman–Crippen MR) is 59.7 cm³/mol. The van der Waals surface area contributed by atoms with Crippen LogP contribution in [0.3, 0.4) is 0 Å². The van der Waals surface area contributed by atoms with Crippen molar-refractivity contribution < 1.29 is 9.59 Å². The number of hydrogen-bond donors (Lipinski definition) is 1. The largest absolute Gasteiger partial charge is 0.398 e. The zero-order valence-electron chi connectivity index (χ0n) is 8.93. The van der Waals surface area contributed by atoms with Crippen LogP contribution in [-0.4, -0.2) is 11.8 Å². The van der Waals surface area contributed by atoms with Crippen molar-refractivity contribution in [2.24, 2.45) is 11.8 Å². The van der Waals surface area contributed by atoms with Crippen molar-refractivity contribution in [2.45, 2.75) is 13.3 Å². The molecular formula is C12H12N2O2. The highest BCUT2D eigenvalue weighted by atomic mass is 16.2. The summed E-state index contributed by atoms with van der Waals surface area (Å²) in [5.41, 5.74) is 7.82. The second-order valence-corrected chi connectivity index (χ2v) is 4.45. The van der Waals surface area contributed by atoms with E-state index in [0.717, 1.165) is 12.0 Å². The molecule has 0 spiro atoms. The number of nitrogens with two attached hydrogens (primary N) is 1. The Morgan fingerprint density at radius 2 is 1.88 bits per heavy atom. The molecule has 1 aliphatic heterocycles. The Morgan fingerprint density at radius 1 is 1.25 bits per heavy atom. The molecule has 2 N–H and O–H groups in total. The zero-order valence-corrected chi connectivity index (χ0v) is 8.93. The second-order valence-electron chi connectivity index (χ2n) is 4.45. The third-order valence-corrected chi connectivity index (χ3v) is 3.45. The Bertz CT molecular complexity index is 490. The first-order valence-electron chi connectivity index (χ1n) is 5.34. The standard InChI is InChI=1S/C12H12N2O2/c1-6-9(13)3-2-4-10(6)14-11(15)7-5-8(7)12(14)16/h2-4,7-8H,5,13H2,1H3. The fourth-order valence-corrected chi connectivity index (χ4v) is 2.30. The van der Waals surface area contributed by atoms with Crippen molar-refractivity contribution in [3.05, 3.63) is 23.8 Å². The van der Waals surface area contributed by atoms with E-state index in [0.29, 0.717) is 11.4 Å². The molecule has 2 fully saturated rings. The summed E-state index contributed by atoms with van der Waals surface area (Å²) in [7, 11) is 0. The molecule has 2 amide bonds. The molecule has 2 atom stereocenters. The summed E-state index contributed by atoms with van der Waals surface area (Å²) in [6, 6.07) is 5.30. The van der Waals surface area contributed by atoms with Crippen LogP contribution in [0.15, 0.2) is 18.2 Å². The Kier molecular flexibility index (Phi) is 1.67. The number of rotatable bonds is 1. The lowest BCUT2D eigenvalue weighted by molar-refractivity contribution is -0.123. The molecular weight excluding hydrogens is 204 g/mol. The van der Waals surface area contributed by atoms with Gasteiger partial charge in [-0.3, -0.25) is 9.59 Å². The van der Waals surface area contributed by atoms with Crippen LogP contribution in [0.4, 0.5) is 11.4 Å². The number of nitrogens with zero attached hydrogens (tertiary/aromatic N) is 1. The summed E-state index contributed by atoms with van der Waals surface area (Å²) in [5, 5.41) is 0. The van der Waals surface area contributed by atoms with Crippen molar-refractivity contribution >= 4 is 23.2 Å². The highest BCUT2D eigenvalue weighted by Crippen LogP contribution is 2.49. The summed E-state index contributed by atoms with van der Waals surface area (Å²) < 4.78 is 0. The summed E-state index contributed by atoms with van der Waals surface area (Å²) in [6.07, 6.45) is 0.732. The molecule has 1 aromatic carbocycles. The Morgan fingerprint density at radius 3 is 2.50 bits per heavy atom. The third kappa shape index (κ3) is 1.04. The minimum atomic E-state index is -0.0660. The molecule has 0 aromatic heterocycles. The first-order valence-corrected chi connectivity index (χ1v) is 5.34. The van der Waals surface area contributed by atoms with E-state index in [4.69, 9.17) is 5.73 Å². The van der Waals surface area contributed by atoms with Crippen LogP contribution in [0.5, 0.6) is 0 Å². The summed E-state index contributed by atoms with van der Waals surface area (Å²) in [6.45, 7) is 1.83. The molecule has 82 valence electrons. The Labute approximate surface area is 93.0 Å². The topological polar surface area (TPSA) is 63.4 Å². The number of carbonyl (C=O) groups is 2. The molecule has 1 saturated carbocycles. The molecule has 0 bridgehead atoms. The minimum Gasteiger partial charge on any atom is -0.398 e. The third-order valence-electron chi connectivity index (χ3n) is 3.45. The lowest BCUT2D eigenvalue weighted by Crippen LogP contribution is -2.33. The highest BCUT2D eigenvalue weighted by Gasteiger charge is 2.59. The number of benzene rings is 1. The van der Waals surface area contributed by atoms with Gasteiger partial charge in [0.15, 0.2) is 0 Å². The van der Waals surface area contributed by atoms with Crippen LogP contribution in [0.2, 0.25) is 0 Å². The number of imide groups is 1. The van der Waals surface area contributed by atoms with Crippen LogP contribution in [0, 0.1) is 18.8 Å². The maximum Gasteiger partial charge on any atom is 0.237 e. The van der Waals surface area contributed by atoms with E-state index in [1.165, 1.54) is 4.90 Å². The monoisotopic (exact) mass is 216 g/mol. The van der Waals surface area contributed by atoms with Crippen molar-refractivity contribution in [1.82, 2.24) is 0 Å². The van der Waals surface area contributed by atoms with Crippen molar-refractivity contribution in [3.63, 3.8) is 0 Å².